The van der Waals surface area contributed by atoms with Gasteiger partial charge in [0.2, 0.25) is 5.88 Å². The average Bonchev–Trinajstić information content (AvgIpc) is 3.12. The van der Waals surface area contributed by atoms with Crippen molar-refractivity contribution in [2.75, 3.05) is 26.2 Å². The molecule has 0 fully saturated rings. The summed E-state index contributed by atoms with van der Waals surface area (Å²) in [5.41, 5.74) is 7.96. The molecule has 7 nitrogen and oxygen atoms in total. The van der Waals surface area contributed by atoms with Crippen LogP contribution in [0, 0.1) is 0 Å². The van der Waals surface area contributed by atoms with Gasteiger partial charge in [0, 0.05) is 24.4 Å². The number of aromatic amines is 1. The van der Waals surface area contributed by atoms with E-state index < -0.39 is 5.91 Å². The van der Waals surface area contributed by atoms with Gasteiger partial charge in [-0.1, -0.05) is 19.9 Å². The Morgan fingerprint density at radius 3 is 2.70 bits per heavy atom. The zero-order chi connectivity index (χ0) is 19.2. The zero-order valence-electron chi connectivity index (χ0n) is 15.7. The molecule has 3 aromatic rings. The number of fused-ring (bicyclic) bond motifs is 1. The van der Waals surface area contributed by atoms with Crippen LogP contribution < -0.4 is 10.5 Å². The van der Waals surface area contributed by atoms with Gasteiger partial charge in [0.15, 0.2) is 0 Å². The molecular formula is C20H25N5O2. The van der Waals surface area contributed by atoms with E-state index in [1.165, 1.54) is 0 Å². The molecule has 7 heteroatoms. The summed E-state index contributed by atoms with van der Waals surface area (Å²) in [6.07, 6.45) is 2.67. The van der Waals surface area contributed by atoms with E-state index in [0.717, 1.165) is 37.1 Å². The number of nitrogens with two attached hydrogens (primary N) is 1. The molecule has 27 heavy (non-hydrogen) atoms. The molecule has 0 atom stereocenters. The SMILES string of the molecule is CCN(CC)CCCOc1ccc(-c2nc3c(C(N)=O)cccc3[nH]2)cn1. The highest BCUT2D eigenvalue weighted by Crippen LogP contribution is 2.23. The molecule has 3 N–H and O–H groups in total. The van der Waals surface area contributed by atoms with Crippen molar-refractivity contribution in [2.45, 2.75) is 20.3 Å². The fourth-order valence-corrected chi connectivity index (χ4v) is 2.98. The number of benzene rings is 1. The molecule has 0 aliphatic heterocycles. The number of carbonyl (C=O) groups excluding carboxylic acids is 1. The fourth-order valence-electron chi connectivity index (χ4n) is 2.98. The third-order valence-corrected chi connectivity index (χ3v) is 4.55. The Bertz CT molecular complexity index is 900. The van der Waals surface area contributed by atoms with Gasteiger partial charge in [-0.05, 0) is 37.7 Å². The van der Waals surface area contributed by atoms with Crippen LogP contribution >= 0.6 is 0 Å². The number of primary amides is 1. The first-order chi connectivity index (χ1) is 13.1. The number of H-pyrrole nitrogens is 1. The lowest BCUT2D eigenvalue weighted by Gasteiger charge is -2.17. The van der Waals surface area contributed by atoms with E-state index in [4.69, 9.17) is 10.5 Å². The molecule has 0 radical (unpaired) electrons. The molecule has 1 amide bonds. The number of rotatable bonds is 9. The molecule has 1 aromatic carbocycles. The van der Waals surface area contributed by atoms with Crippen LogP contribution in [-0.2, 0) is 0 Å². The van der Waals surface area contributed by atoms with Crippen LogP contribution in [0.3, 0.4) is 0 Å². The van der Waals surface area contributed by atoms with Crippen LogP contribution in [0.2, 0.25) is 0 Å². The van der Waals surface area contributed by atoms with E-state index in [0.29, 0.717) is 29.4 Å². The van der Waals surface area contributed by atoms with E-state index in [2.05, 4.69) is 33.7 Å². The number of hydrogen-bond donors (Lipinski definition) is 2. The van der Waals surface area contributed by atoms with Crippen molar-refractivity contribution >= 4 is 16.9 Å². The number of imidazole rings is 1. The minimum Gasteiger partial charge on any atom is -0.478 e. The minimum atomic E-state index is -0.495. The molecule has 2 aromatic heterocycles. The molecule has 0 aliphatic rings. The second-order valence-corrected chi connectivity index (χ2v) is 6.27. The summed E-state index contributed by atoms with van der Waals surface area (Å²) in [6.45, 7) is 8.09. The van der Waals surface area contributed by atoms with E-state index in [1.54, 1.807) is 18.3 Å². The largest absolute Gasteiger partial charge is 0.478 e. The van der Waals surface area contributed by atoms with Crippen LogP contribution in [0.5, 0.6) is 5.88 Å². The molecule has 0 aliphatic carbocycles. The Kier molecular flexibility index (Phi) is 6.03. The first-order valence-electron chi connectivity index (χ1n) is 9.22. The van der Waals surface area contributed by atoms with E-state index in [-0.39, 0.29) is 0 Å². The highest BCUT2D eigenvalue weighted by molar-refractivity contribution is 6.04. The lowest BCUT2D eigenvalue weighted by Crippen LogP contribution is -2.25. The predicted molar refractivity (Wildman–Crippen MR) is 106 cm³/mol. The molecule has 0 bridgehead atoms. The lowest BCUT2D eigenvalue weighted by molar-refractivity contribution is 0.100. The first kappa shape index (κ1) is 18.8. The quantitative estimate of drug-likeness (QED) is 0.567. The number of amides is 1. The van der Waals surface area contributed by atoms with Crippen LogP contribution in [0.15, 0.2) is 36.5 Å². The van der Waals surface area contributed by atoms with Gasteiger partial charge in [0.05, 0.1) is 17.7 Å². The Morgan fingerprint density at radius 1 is 1.22 bits per heavy atom. The smallest absolute Gasteiger partial charge is 0.250 e. The minimum absolute atomic E-state index is 0.399. The maximum atomic E-state index is 11.5. The van der Waals surface area contributed by atoms with E-state index >= 15 is 0 Å². The summed E-state index contributed by atoms with van der Waals surface area (Å²) >= 11 is 0. The maximum Gasteiger partial charge on any atom is 0.250 e. The monoisotopic (exact) mass is 367 g/mol. The number of nitrogens with one attached hydrogen (secondary N) is 1. The van der Waals surface area contributed by atoms with Crippen molar-refractivity contribution in [3.63, 3.8) is 0 Å². The lowest BCUT2D eigenvalue weighted by atomic mass is 10.2. The predicted octanol–water partition coefficient (Wildman–Crippen LogP) is 2.83. The van der Waals surface area contributed by atoms with Crippen molar-refractivity contribution in [3.8, 4) is 17.3 Å². The topological polar surface area (TPSA) is 97.1 Å². The highest BCUT2D eigenvalue weighted by atomic mass is 16.5. The van der Waals surface area contributed by atoms with Crippen molar-refractivity contribution in [3.05, 3.63) is 42.1 Å². The summed E-state index contributed by atoms with van der Waals surface area (Å²) in [5.74, 6) is 0.733. The highest BCUT2D eigenvalue weighted by Gasteiger charge is 2.12. The van der Waals surface area contributed by atoms with E-state index in [9.17, 15) is 4.79 Å². The molecule has 0 saturated heterocycles. The van der Waals surface area contributed by atoms with Gasteiger partial charge in [0.25, 0.3) is 5.91 Å². The normalized spacial score (nSPS) is 11.2. The Labute approximate surface area is 158 Å². The van der Waals surface area contributed by atoms with Crippen LogP contribution in [-0.4, -0.2) is 52.0 Å². The van der Waals surface area contributed by atoms with Gasteiger partial charge in [-0.15, -0.1) is 0 Å². The van der Waals surface area contributed by atoms with Gasteiger partial charge < -0.3 is 20.4 Å². The van der Waals surface area contributed by atoms with Gasteiger partial charge >= 0.3 is 0 Å². The molecule has 142 valence electrons. The molecule has 2 heterocycles. The maximum absolute atomic E-state index is 11.5. The van der Waals surface area contributed by atoms with Crippen LogP contribution in [0.4, 0.5) is 0 Å². The van der Waals surface area contributed by atoms with Crippen LogP contribution in [0.1, 0.15) is 30.6 Å². The molecular weight excluding hydrogens is 342 g/mol. The number of hydrogen-bond acceptors (Lipinski definition) is 5. The Morgan fingerprint density at radius 2 is 2.04 bits per heavy atom. The molecule has 0 saturated carbocycles. The average molecular weight is 367 g/mol. The summed E-state index contributed by atoms with van der Waals surface area (Å²) in [6, 6.07) is 9.03. The molecule has 0 unspecified atom stereocenters. The van der Waals surface area contributed by atoms with Gasteiger partial charge in [-0.25, -0.2) is 9.97 Å². The van der Waals surface area contributed by atoms with Crippen LogP contribution in [0.25, 0.3) is 22.4 Å². The standard InChI is InChI=1S/C20H25N5O2/c1-3-25(4-2)11-6-12-27-17-10-9-14(13-22-17)20-23-16-8-5-7-15(19(21)26)18(16)24-20/h5,7-10,13H,3-4,6,11-12H2,1-2H3,(H2,21,26)(H,23,24). The van der Waals surface area contributed by atoms with E-state index in [1.807, 2.05) is 18.2 Å². The summed E-state index contributed by atoms with van der Waals surface area (Å²) in [7, 11) is 0. The molecule has 0 spiro atoms. The Balaban J connectivity index is 1.66. The summed E-state index contributed by atoms with van der Waals surface area (Å²) in [4.78, 5) is 26.0. The summed E-state index contributed by atoms with van der Waals surface area (Å²) in [5, 5.41) is 0. The van der Waals surface area contributed by atoms with Crippen molar-refractivity contribution < 1.29 is 9.53 Å². The van der Waals surface area contributed by atoms with Crippen molar-refractivity contribution in [1.82, 2.24) is 19.9 Å². The third-order valence-electron chi connectivity index (χ3n) is 4.55. The number of pyridine rings is 1. The van der Waals surface area contributed by atoms with Crippen molar-refractivity contribution in [1.29, 1.82) is 0 Å². The van der Waals surface area contributed by atoms with Crippen molar-refractivity contribution in [2.24, 2.45) is 5.73 Å². The number of aromatic nitrogens is 3. The molecule has 3 rings (SSSR count). The number of para-hydroxylation sites is 1. The third kappa shape index (κ3) is 4.43. The summed E-state index contributed by atoms with van der Waals surface area (Å²) < 4.78 is 5.72. The second-order valence-electron chi connectivity index (χ2n) is 6.27. The number of carbonyl (C=O) groups is 1. The zero-order valence-corrected chi connectivity index (χ0v) is 15.7. The fraction of sp³-hybridized carbons (Fsp3) is 0.350. The first-order valence-corrected chi connectivity index (χ1v) is 9.22. The Hall–Kier alpha value is -2.93. The van der Waals surface area contributed by atoms with Gasteiger partial charge in [-0.2, -0.15) is 0 Å². The van der Waals surface area contributed by atoms with Gasteiger partial charge in [-0.3, -0.25) is 4.79 Å². The number of ether oxygens (including phenoxy) is 1. The van der Waals surface area contributed by atoms with Gasteiger partial charge in [0.1, 0.15) is 11.3 Å². The number of nitrogens with zero attached hydrogens (tertiary/aromatic N) is 3. The second kappa shape index (κ2) is 8.64.